The van der Waals surface area contributed by atoms with Crippen molar-refractivity contribution in [3.63, 3.8) is 0 Å². The zero-order chi connectivity index (χ0) is 27.6. The molecule has 0 aliphatic heterocycles. The maximum atomic E-state index is 13.5. The molecule has 4 aliphatic rings. The SMILES string of the molecule is Cc1c(C(=O)CCCNC23CC4CC(C)(CC(C)(C4)C2)C3)nn(-c2ccc(Cl)cc2Cl)c1-c1ccc(Cl)cc1. The Kier molecular flexibility index (Phi) is 6.94. The monoisotopic (exact) mass is 583 g/mol. The van der Waals surface area contributed by atoms with Gasteiger partial charge in [0.2, 0.25) is 0 Å². The van der Waals surface area contributed by atoms with Gasteiger partial charge in [0.1, 0.15) is 5.69 Å². The number of ketones is 1. The van der Waals surface area contributed by atoms with Crippen molar-refractivity contribution in [2.75, 3.05) is 6.54 Å². The lowest BCUT2D eigenvalue weighted by atomic mass is 9.43. The second kappa shape index (κ2) is 9.91. The third-order valence-corrected chi connectivity index (χ3v) is 10.1. The zero-order valence-electron chi connectivity index (χ0n) is 22.9. The maximum Gasteiger partial charge on any atom is 0.183 e. The van der Waals surface area contributed by atoms with E-state index < -0.39 is 0 Å². The van der Waals surface area contributed by atoms with E-state index in [1.165, 1.54) is 38.5 Å². The molecule has 2 aromatic carbocycles. The summed E-state index contributed by atoms with van der Waals surface area (Å²) in [7, 11) is 0. The third-order valence-electron chi connectivity index (χ3n) is 9.35. The lowest BCUT2D eigenvalue weighted by Gasteiger charge is -2.65. The van der Waals surface area contributed by atoms with Crippen LogP contribution in [0.15, 0.2) is 42.5 Å². The molecule has 7 rings (SSSR count). The molecule has 1 aromatic heterocycles. The van der Waals surface area contributed by atoms with Gasteiger partial charge in [-0.25, -0.2) is 4.68 Å². The molecule has 0 spiro atoms. The first kappa shape index (κ1) is 27.3. The van der Waals surface area contributed by atoms with Gasteiger partial charge in [-0.2, -0.15) is 5.10 Å². The van der Waals surface area contributed by atoms with Crippen molar-refractivity contribution in [1.29, 1.82) is 0 Å². The average Bonchev–Trinajstić information content (AvgIpc) is 3.17. The van der Waals surface area contributed by atoms with Crippen LogP contribution in [0.3, 0.4) is 0 Å². The second-order valence-corrected chi connectivity index (χ2v) is 14.5. The van der Waals surface area contributed by atoms with E-state index in [2.05, 4.69) is 19.2 Å². The van der Waals surface area contributed by atoms with E-state index in [1.54, 1.807) is 16.8 Å². The summed E-state index contributed by atoms with van der Waals surface area (Å²) >= 11 is 18.9. The third kappa shape index (κ3) is 5.19. The van der Waals surface area contributed by atoms with Crippen LogP contribution in [0.25, 0.3) is 16.9 Å². The van der Waals surface area contributed by atoms with E-state index in [1.807, 2.05) is 37.3 Å². The van der Waals surface area contributed by atoms with Crippen LogP contribution >= 0.6 is 34.8 Å². The Labute approximate surface area is 246 Å². The fourth-order valence-corrected chi connectivity index (χ4v) is 9.52. The molecule has 0 radical (unpaired) electrons. The molecule has 1 heterocycles. The number of rotatable bonds is 8. The highest BCUT2D eigenvalue weighted by Gasteiger charge is 2.59. The smallest absolute Gasteiger partial charge is 0.183 e. The fourth-order valence-electron chi connectivity index (χ4n) is 8.90. The summed E-state index contributed by atoms with van der Waals surface area (Å²) in [5.41, 5.74) is 4.94. The summed E-state index contributed by atoms with van der Waals surface area (Å²) in [5.74, 6) is 0.903. The number of hydrogen-bond donors (Lipinski definition) is 1. The van der Waals surface area contributed by atoms with Crippen molar-refractivity contribution in [2.24, 2.45) is 16.7 Å². The number of Topliss-reactive ketones (excluding diaryl/α,β-unsaturated/α-hetero) is 1. The number of carbonyl (C=O) groups is 1. The second-order valence-electron chi connectivity index (χ2n) is 13.2. The van der Waals surface area contributed by atoms with Crippen molar-refractivity contribution in [3.8, 4) is 16.9 Å². The van der Waals surface area contributed by atoms with Gasteiger partial charge in [0, 0.05) is 33.1 Å². The van der Waals surface area contributed by atoms with Crippen LogP contribution in [-0.4, -0.2) is 27.6 Å². The molecular formula is C32H36Cl3N3O. The minimum atomic E-state index is 0.0535. The minimum Gasteiger partial charge on any atom is -0.311 e. The van der Waals surface area contributed by atoms with Crippen LogP contribution in [0, 0.1) is 23.7 Å². The molecule has 4 bridgehead atoms. The molecule has 2 unspecified atom stereocenters. The van der Waals surface area contributed by atoms with Crippen LogP contribution in [0.5, 0.6) is 0 Å². The van der Waals surface area contributed by atoms with Gasteiger partial charge >= 0.3 is 0 Å². The van der Waals surface area contributed by atoms with Crippen molar-refractivity contribution >= 4 is 40.6 Å². The van der Waals surface area contributed by atoms with E-state index in [4.69, 9.17) is 39.9 Å². The molecule has 4 fully saturated rings. The molecule has 206 valence electrons. The average molecular weight is 585 g/mol. The predicted octanol–water partition coefficient (Wildman–Crippen LogP) is 9.11. The first-order chi connectivity index (χ1) is 18.5. The van der Waals surface area contributed by atoms with Gasteiger partial charge in [-0.1, -0.05) is 60.8 Å². The number of hydrogen-bond acceptors (Lipinski definition) is 3. The number of nitrogens with one attached hydrogen (secondary N) is 1. The van der Waals surface area contributed by atoms with E-state index in [-0.39, 0.29) is 11.3 Å². The molecular weight excluding hydrogens is 549 g/mol. The Morgan fingerprint density at radius 3 is 2.28 bits per heavy atom. The van der Waals surface area contributed by atoms with Gasteiger partial charge in [-0.05, 0) is 105 Å². The number of aromatic nitrogens is 2. The molecule has 0 saturated heterocycles. The van der Waals surface area contributed by atoms with E-state index in [0.717, 1.165) is 35.7 Å². The maximum absolute atomic E-state index is 13.5. The highest BCUT2D eigenvalue weighted by molar-refractivity contribution is 6.35. The van der Waals surface area contributed by atoms with Gasteiger partial charge in [0.25, 0.3) is 0 Å². The van der Waals surface area contributed by atoms with Gasteiger partial charge < -0.3 is 5.32 Å². The molecule has 4 saturated carbocycles. The van der Waals surface area contributed by atoms with Crippen molar-refractivity contribution < 1.29 is 4.79 Å². The van der Waals surface area contributed by atoms with Crippen molar-refractivity contribution in [1.82, 2.24) is 15.1 Å². The Morgan fingerprint density at radius 1 is 0.974 bits per heavy atom. The Morgan fingerprint density at radius 2 is 1.64 bits per heavy atom. The number of benzene rings is 2. The van der Waals surface area contributed by atoms with E-state index in [0.29, 0.717) is 43.7 Å². The van der Waals surface area contributed by atoms with Gasteiger partial charge in [-0.15, -0.1) is 0 Å². The first-order valence-electron chi connectivity index (χ1n) is 14.1. The van der Waals surface area contributed by atoms with Crippen LogP contribution in [0.2, 0.25) is 15.1 Å². The van der Waals surface area contributed by atoms with Crippen LogP contribution in [0.1, 0.15) is 81.3 Å². The summed E-state index contributed by atoms with van der Waals surface area (Å²) in [4.78, 5) is 13.5. The Hall–Kier alpha value is -1.85. The largest absolute Gasteiger partial charge is 0.311 e. The fraction of sp³-hybridized carbons (Fsp3) is 0.500. The standard InChI is InChI=1S/C32H36Cl3N3O/c1-20-28(27(39)5-4-12-36-32-16-21-14-30(2,18-32)17-31(3,15-21)19-32)37-38(26-11-10-24(34)13-25(26)35)29(20)22-6-8-23(33)9-7-22/h6-11,13,21,36H,4-5,12,14-19H2,1-3H3. The molecule has 39 heavy (non-hydrogen) atoms. The van der Waals surface area contributed by atoms with Gasteiger partial charge in [0.15, 0.2) is 5.78 Å². The predicted molar refractivity (Wildman–Crippen MR) is 160 cm³/mol. The molecule has 4 nitrogen and oxygen atoms in total. The summed E-state index contributed by atoms with van der Waals surface area (Å²) in [6.07, 6.45) is 9.23. The van der Waals surface area contributed by atoms with E-state index >= 15 is 0 Å². The lowest BCUT2D eigenvalue weighted by Crippen LogP contribution is -2.64. The first-order valence-corrected chi connectivity index (χ1v) is 15.2. The zero-order valence-corrected chi connectivity index (χ0v) is 25.2. The lowest BCUT2D eigenvalue weighted by molar-refractivity contribution is -0.117. The van der Waals surface area contributed by atoms with Crippen LogP contribution in [0.4, 0.5) is 0 Å². The summed E-state index contributed by atoms with van der Waals surface area (Å²) in [6.45, 7) is 7.82. The highest BCUT2D eigenvalue weighted by atomic mass is 35.5. The molecule has 0 amide bonds. The normalized spacial score (nSPS) is 29.2. The topological polar surface area (TPSA) is 46.9 Å². The Bertz CT molecular complexity index is 1410. The van der Waals surface area contributed by atoms with Gasteiger partial charge in [0.05, 0.1) is 16.4 Å². The summed E-state index contributed by atoms with van der Waals surface area (Å²) in [5, 5.41) is 10.4. The summed E-state index contributed by atoms with van der Waals surface area (Å²) < 4.78 is 1.76. The number of carbonyl (C=O) groups excluding carboxylic acids is 1. The number of nitrogens with zero attached hydrogens (tertiary/aromatic N) is 2. The van der Waals surface area contributed by atoms with Crippen molar-refractivity contribution in [3.05, 3.63) is 68.8 Å². The van der Waals surface area contributed by atoms with Crippen LogP contribution < -0.4 is 5.32 Å². The van der Waals surface area contributed by atoms with E-state index in [9.17, 15) is 4.79 Å². The minimum absolute atomic E-state index is 0.0535. The molecule has 7 heteroatoms. The molecule has 4 aliphatic carbocycles. The Balaban J connectivity index is 1.21. The molecule has 3 aromatic rings. The molecule has 1 N–H and O–H groups in total. The van der Waals surface area contributed by atoms with Crippen molar-refractivity contribution in [2.45, 2.75) is 77.7 Å². The van der Waals surface area contributed by atoms with Crippen LogP contribution in [-0.2, 0) is 0 Å². The molecule has 2 atom stereocenters. The number of halogens is 3. The van der Waals surface area contributed by atoms with Gasteiger partial charge in [-0.3, -0.25) is 4.79 Å². The highest BCUT2D eigenvalue weighted by Crippen LogP contribution is 2.66. The summed E-state index contributed by atoms with van der Waals surface area (Å²) in [6, 6.07) is 12.9. The quantitative estimate of drug-likeness (QED) is 0.212.